The molecule has 4 N–H and O–H groups in total. The molecule has 1 heterocycles. The van der Waals surface area contributed by atoms with E-state index in [2.05, 4.69) is 22.4 Å². The van der Waals surface area contributed by atoms with Crippen LogP contribution >= 0.6 is 0 Å². The van der Waals surface area contributed by atoms with Crippen LogP contribution in [0.3, 0.4) is 0 Å². The van der Waals surface area contributed by atoms with Gasteiger partial charge in [-0.05, 0) is 56.5 Å². The molecule has 0 aliphatic rings. The van der Waals surface area contributed by atoms with Crippen molar-refractivity contribution in [2.75, 3.05) is 32.8 Å². The van der Waals surface area contributed by atoms with E-state index in [-0.39, 0.29) is 23.3 Å². The van der Waals surface area contributed by atoms with Crippen LogP contribution in [-0.2, 0) is 27.2 Å². The quantitative estimate of drug-likeness (QED) is 0.226. The molecule has 0 radical (unpaired) electrons. The highest BCUT2D eigenvalue weighted by molar-refractivity contribution is 5.87. The van der Waals surface area contributed by atoms with Gasteiger partial charge in [0.25, 0.3) is 0 Å². The van der Waals surface area contributed by atoms with Crippen LogP contribution < -0.4 is 10.9 Å². The summed E-state index contributed by atoms with van der Waals surface area (Å²) in [6.07, 6.45) is -3.11. The van der Waals surface area contributed by atoms with E-state index in [0.717, 1.165) is 30.3 Å². The molecule has 0 spiro atoms. The molecule has 224 valence electrons. The molecule has 2 aromatic carbocycles. The number of aromatic nitrogens is 1. The molecule has 0 saturated carbocycles. The Balaban J connectivity index is 0.000000745. The molecule has 9 nitrogen and oxygen atoms in total. The third-order valence-corrected chi connectivity index (χ3v) is 6.09. The van der Waals surface area contributed by atoms with Crippen LogP contribution in [0.25, 0.3) is 10.9 Å². The van der Waals surface area contributed by atoms with E-state index in [0.29, 0.717) is 38.2 Å². The molecule has 0 aliphatic carbocycles. The summed E-state index contributed by atoms with van der Waals surface area (Å²) in [5.41, 5.74) is 2.50. The van der Waals surface area contributed by atoms with Gasteiger partial charge in [0.1, 0.15) is 5.75 Å². The van der Waals surface area contributed by atoms with Gasteiger partial charge in [-0.25, -0.2) is 4.79 Å². The minimum absolute atomic E-state index is 0.0690. The Bertz CT molecular complexity index is 1310. The van der Waals surface area contributed by atoms with E-state index in [1.165, 1.54) is 11.6 Å². The smallest absolute Gasteiger partial charge is 0.490 e. The number of aromatic hydroxyl groups is 1. The summed E-state index contributed by atoms with van der Waals surface area (Å²) in [6.45, 7) is 7.13. The van der Waals surface area contributed by atoms with Gasteiger partial charge in [-0.1, -0.05) is 36.4 Å². The summed E-state index contributed by atoms with van der Waals surface area (Å²) in [6, 6.07) is 17.0. The third kappa shape index (κ3) is 11.6. The average Bonchev–Trinajstić information content (AvgIpc) is 2.92. The van der Waals surface area contributed by atoms with Crippen LogP contribution in [0.15, 0.2) is 59.4 Å². The number of hydrogen-bond donors (Lipinski definition) is 4. The van der Waals surface area contributed by atoms with E-state index in [1.807, 2.05) is 43.0 Å². The van der Waals surface area contributed by atoms with Crippen LogP contribution in [0.2, 0.25) is 0 Å². The number of H-pyrrole nitrogens is 1. The van der Waals surface area contributed by atoms with Crippen LogP contribution in [0.5, 0.6) is 5.75 Å². The maximum Gasteiger partial charge on any atom is 0.490 e. The van der Waals surface area contributed by atoms with Crippen molar-refractivity contribution in [3.05, 3.63) is 76.1 Å². The molecule has 0 unspecified atom stereocenters. The molecule has 0 aliphatic heterocycles. The van der Waals surface area contributed by atoms with Crippen molar-refractivity contribution in [1.29, 1.82) is 0 Å². The van der Waals surface area contributed by atoms with Crippen molar-refractivity contribution in [3.8, 4) is 5.75 Å². The molecule has 3 aromatic rings. The van der Waals surface area contributed by atoms with Gasteiger partial charge < -0.3 is 30.2 Å². The first-order valence-corrected chi connectivity index (χ1v) is 13.2. The minimum atomic E-state index is -5.08. The summed E-state index contributed by atoms with van der Waals surface area (Å²) in [5.74, 6) is -2.59. The van der Waals surface area contributed by atoms with Gasteiger partial charge in [0.2, 0.25) is 11.5 Å². The lowest BCUT2D eigenvalue weighted by Crippen LogP contribution is -2.42. The molecular formula is C29H36F3N3O6. The van der Waals surface area contributed by atoms with Crippen LogP contribution in [0.4, 0.5) is 13.2 Å². The van der Waals surface area contributed by atoms with Gasteiger partial charge >= 0.3 is 12.1 Å². The maximum absolute atomic E-state index is 12.7. The number of amides is 1. The first-order chi connectivity index (χ1) is 19.4. The summed E-state index contributed by atoms with van der Waals surface area (Å²) < 4.78 is 37.4. The van der Waals surface area contributed by atoms with Crippen molar-refractivity contribution in [1.82, 2.24) is 15.2 Å². The number of aliphatic carboxylic acids is 1. The Morgan fingerprint density at radius 1 is 1.00 bits per heavy atom. The van der Waals surface area contributed by atoms with E-state index in [1.54, 1.807) is 12.1 Å². The zero-order valence-electron chi connectivity index (χ0n) is 23.0. The standard InChI is InChI=1S/C27H35N3O4.C2HF3O2/c1-20(2)30(26(33)14-19-34-18-13-21-6-4-3-5-7-21)17-16-28-15-12-22-8-10-24(31)27-23(22)9-11-25(32)29-27;3-2(4,5)1(6)7/h3-11,20,28,31H,12-19H2,1-2H3,(H,29,32);(H,6,7). The molecule has 3 rings (SSSR count). The number of aromatic amines is 1. The number of ether oxygens (including phenoxy) is 1. The first-order valence-electron chi connectivity index (χ1n) is 13.2. The molecule has 0 saturated heterocycles. The molecule has 41 heavy (non-hydrogen) atoms. The summed E-state index contributed by atoms with van der Waals surface area (Å²) in [5, 5.41) is 21.4. The van der Waals surface area contributed by atoms with Crippen LogP contribution in [0, 0.1) is 0 Å². The molecule has 0 bridgehead atoms. The maximum atomic E-state index is 12.7. The Morgan fingerprint density at radius 2 is 1.68 bits per heavy atom. The minimum Gasteiger partial charge on any atom is -0.506 e. The lowest BCUT2D eigenvalue weighted by molar-refractivity contribution is -0.192. The van der Waals surface area contributed by atoms with Crippen molar-refractivity contribution < 1.29 is 37.7 Å². The normalized spacial score (nSPS) is 11.3. The molecule has 1 aromatic heterocycles. The van der Waals surface area contributed by atoms with Gasteiger partial charge in [0.05, 0.1) is 25.2 Å². The Kier molecular flexibility index (Phi) is 13.3. The second-order valence-corrected chi connectivity index (χ2v) is 9.44. The number of rotatable bonds is 13. The number of phenolic OH excluding ortho intramolecular Hbond substituents is 1. The highest BCUT2D eigenvalue weighted by atomic mass is 19.4. The topological polar surface area (TPSA) is 132 Å². The monoisotopic (exact) mass is 579 g/mol. The number of benzene rings is 2. The number of carboxylic acids is 1. The van der Waals surface area contributed by atoms with Gasteiger partial charge in [-0.2, -0.15) is 13.2 Å². The number of fused-ring (bicyclic) bond motifs is 1. The van der Waals surface area contributed by atoms with Gasteiger partial charge in [0.15, 0.2) is 0 Å². The number of carboxylic acid groups (broad SMARTS) is 1. The van der Waals surface area contributed by atoms with Crippen molar-refractivity contribution in [2.45, 2.75) is 45.3 Å². The third-order valence-electron chi connectivity index (χ3n) is 6.09. The molecule has 0 fully saturated rings. The van der Waals surface area contributed by atoms with Gasteiger partial charge in [-0.3, -0.25) is 9.59 Å². The van der Waals surface area contributed by atoms with Crippen molar-refractivity contribution in [3.63, 3.8) is 0 Å². The zero-order valence-corrected chi connectivity index (χ0v) is 23.0. The average molecular weight is 580 g/mol. The number of carbonyl (C=O) groups excluding carboxylic acids is 1. The first kappa shape index (κ1) is 33.3. The fourth-order valence-corrected chi connectivity index (χ4v) is 3.97. The van der Waals surface area contributed by atoms with Crippen molar-refractivity contribution in [2.24, 2.45) is 0 Å². The zero-order chi connectivity index (χ0) is 30.4. The van der Waals surface area contributed by atoms with Gasteiger partial charge in [0, 0.05) is 30.6 Å². The highest BCUT2D eigenvalue weighted by Gasteiger charge is 2.38. The van der Waals surface area contributed by atoms with Crippen LogP contribution in [0.1, 0.15) is 31.4 Å². The number of halogens is 3. The predicted molar refractivity (Wildman–Crippen MR) is 149 cm³/mol. The number of carbonyl (C=O) groups is 2. The lowest BCUT2D eigenvalue weighted by Gasteiger charge is -2.27. The number of nitrogens with zero attached hydrogens (tertiary/aromatic N) is 1. The predicted octanol–water partition coefficient (Wildman–Crippen LogP) is 3.89. The molecule has 1 amide bonds. The Hall–Kier alpha value is -3.90. The summed E-state index contributed by atoms with van der Waals surface area (Å²) in [4.78, 5) is 37.7. The molecule has 12 heteroatoms. The Morgan fingerprint density at radius 3 is 2.32 bits per heavy atom. The second kappa shape index (κ2) is 16.4. The Labute approximate surface area is 235 Å². The molecular weight excluding hydrogens is 543 g/mol. The van der Waals surface area contributed by atoms with Gasteiger partial charge in [-0.15, -0.1) is 0 Å². The molecule has 0 atom stereocenters. The van der Waals surface area contributed by atoms with Crippen molar-refractivity contribution >= 4 is 22.8 Å². The number of pyridine rings is 1. The van der Waals surface area contributed by atoms with Crippen LogP contribution in [-0.4, -0.2) is 77.0 Å². The van der Waals surface area contributed by atoms with E-state index < -0.39 is 12.1 Å². The number of phenols is 1. The number of alkyl halides is 3. The van der Waals surface area contributed by atoms with E-state index in [4.69, 9.17) is 14.6 Å². The largest absolute Gasteiger partial charge is 0.506 e. The number of nitrogens with one attached hydrogen (secondary N) is 2. The highest BCUT2D eigenvalue weighted by Crippen LogP contribution is 2.24. The number of hydrogen-bond acceptors (Lipinski definition) is 6. The van der Waals surface area contributed by atoms with E-state index >= 15 is 0 Å². The summed E-state index contributed by atoms with van der Waals surface area (Å²) in [7, 11) is 0. The summed E-state index contributed by atoms with van der Waals surface area (Å²) >= 11 is 0. The SMILES string of the molecule is CC(C)N(CCNCCc1ccc(O)c2[nH]c(=O)ccc12)C(=O)CCOCCc1ccccc1.O=C(O)C(F)(F)F. The van der Waals surface area contributed by atoms with E-state index in [9.17, 15) is 27.9 Å². The fraction of sp³-hybridized carbons (Fsp3) is 0.414. The second-order valence-electron chi connectivity index (χ2n) is 9.44. The fourth-order valence-electron chi connectivity index (χ4n) is 3.97. The lowest BCUT2D eigenvalue weighted by atomic mass is 10.0.